The third-order valence-corrected chi connectivity index (χ3v) is 1.66. The predicted octanol–water partition coefficient (Wildman–Crippen LogP) is 0.546. The summed E-state index contributed by atoms with van der Waals surface area (Å²) in [7, 11) is 1.64. The highest BCUT2D eigenvalue weighted by atomic mass is 16.5. The van der Waals surface area contributed by atoms with E-state index in [2.05, 4.69) is 5.32 Å². The van der Waals surface area contributed by atoms with E-state index in [4.69, 9.17) is 4.74 Å². The first-order valence-electron chi connectivity index (χ1n) is 3.48. The summed E-state index contributed by atoms with van der Waals surface area (Å²) in [5, 5.41) is 2.68. The molecule has 3 heteroatoms. The molecule has 0 aliphatic heterocycles. The van der Waals surface area contributed by atoms with Crippen LogP contribution in [0.25, 0.3) is 0 Å². The first-order chi connectivity index (χ1) is 4.76. The van der Waals surface area contributed by atoms with Crippen molar-refractivity contribution in [1.82, 2.24) is 5.32 Å². The summed E-state index contributed by atoms with van der Waals surface area (Å²) in [4.78, 5) is 10.0. The maximum Gasteiger partial charge on any atom is 0.207 e. The van der Waals surface area contributed by atoms with Gasteiger partial charge in [0.2, 0.25) is 6.41 Å². The lowest BCUT2D eigenvalue weighted by Gasteiger charge is -2.19. The minimum Gasteiger partial charge on any atom is -0.380 e. The molecule has 0 aliphatic rings. The molecule has 0 rings (SSSR count). The van der Waals surface area contributed by atoms with E-state index in [0.29, 0.717) is 6.41 Å². The summed E-state index contributed by atoms with van der Waals surface area (Å²) >= 11 is 0. The van der Waals surface area contributed by atoms with E-state index < -0.39 is 0 Å². The zero-order chi connectivity index (χ0) is 7.98. The number of hydrogen-bond acceptors (Lipinski definition) is 2. The van der Waals surface area contributed by atoms with Crippen LogP contribution in [0.15, 0.2) is 0 Å². The fraction of sp³-hybridized carbons (Fsp3) is 0.857. The molecular formula is C7H15NO2. The summed E-state index contributed by atoms with van der Waals surface area (Å²) in [5.74, 6) is 0. The third-order valence-electron chi connectivity index (χ3n) is 1.66. The Balaban J connectivity index is 3.67. The van der Waals surface area contributed by atoms with Crippen molar-refractivity contribution in [3.8, 4) is 0 Å². The number of nitrogens with one attached hydrogen (secondary N) is 1. The van der Waals surface area contributed by atoms with Crippen LogP contribution in [0.5, 0.6) is 0 Å². The van der Waals surface area contributed by atoms with Crippen LogP contribution < -0.4 is 5.32 Å². The second-order valence-corrected chi connectivity index (χ2v) is 2.24. The summed E-state index contributed by atoms with van der Waals surface area (Å²) < 4.78 is 5.03. The van der Waals surface area contributed by atoms with Crippen LogP contribution in [-0.4, -0.2) is 25.7 Å². The van der Waals surface area contributed by atoms with Gasteiger partial charge in [0.25, 0.3) is 0 Å². The molecule has 0 bridgehead atoms. The number of amides is 1. The Bertz CT molecular complexity index is 95.6. The monoisotopic (exact) mass is 145 g/mol. The smallest absolute Gasteiger partial charge is 0.207 e. The lowest BCUT2D eigenvalue weighted by atomic mass is 10.1. The molecule has 0 radical (unpaired) electrons. The minimum absolute atomic E-state index is 0.0928. The highest BCUT2D eigenvalue weighted by Gasteiger charge is 2.12. The normalized spacial score (nSPS) is 15.9. The molecule has 60 valence electrons. The maximum absolute atomic E-state index is 10.0. The Kier molecular flexibility index (Phi) is 4.94. The highest BCUT2D eigenvalue weighted by molar-refractivity contribution is 5.46. The zero-order valence-corrected chi connectivity index (χ0v) is 6.76. The molecule has 0 saturated heterocycles. The van der Waals surface area contributed by atoms with Gasteiger partial charge in [-0.05, 0) is 13.3 Å². The van der Waals surface area contributed by atoms with Crippen LogP contribution in [0.1, 0.15) is 20.3 Å². The molecule has 0 spiro atoms. The molecule has 3 nitrogen and oxygen atoms in total. The Morgan fingerprint density at radius 1 is 1.70 bits per heavy atom. The fourth-order valence-electron chi connectivity index (χ4n) is 0.837. The molecule has 0 saturated carbocycles. The van der Waals surface area contributed by atoms with Crippen LogP contribution in [0.3, 0.4) is 0 Å². The van der Waals surface area contributed by atoms with Gasteiger partial charge in [0.1, 0.15) is 0 Å². The Morgan fingerprint density at radius 2 is 2.30 bits per heavy atom. The minimum atomic E-state index is 0.0928. The van der Waals surface area contributed by atoms with Crippen LogP contribution in [0, 0.1) is 0 Å². The van der Waals surface area contributed by atoms with Gasteiger partial charge in [-0.2, -0.15) is 0 Å². The van der Waals surface area contributed by atoms with E-state index in [1.807, 2.05) is 13.8 Å². The molecule has 0 aromatic carbocycles. The second kappa shape index (κ2) is 5.23. The van der Waals surface area contributed by atoms with Gasteiger partial charge in [-0.15, -0.1) is 0 Å². The molecule has 2 atom stereocenters. The summed E-state index contributed by atoms with van der Waals surface area (Å²) in [6, 6.07) is 0.141. The quantitative estimate of drug-likeness (QED) is 0.573. The lowest BCUT2D eigenvalue weighted by molar-refractivity contribution is -0.111. The van der Waals surface area contributed by atoms with Crippen molar-refractivity contribution in [2.45, 2.75) is 32.4 Å². The van der Waals surface area contributed by atoms with E-state index in [1.165, 1.54) is 0 Å². The van der Waals surface area contributed by atoms with Crippen LogP contribution in [0.2, 0.25) is 0 Å². The van der Waals surface area contributed by atoms with Gasteiger partial charge in [0.15, 0.2) is 0 Å². The van der Waals surface area contributed by atoms with Crippen LogP contribution >= 0.6 is 0 Å². The third kappa shape index (κ3) is 2.82. The lowest BCUT2D eigenvalue weighted by Crippen LogP contribution is -2.37. The molecule has 0 aromatic heterocycles. The van der Waals surface area contributed by atoms with Gasteiger partial charge in [0, 0.05) is 7.11 Å². The summed E-state index contributed by atoms with van der Waals surface area (Å²) in [6.07, 6.45) is 1.70. The van der Waals surface area contributed by atoms with Gasteiger partial charge in [-0.25, -0.2) is 0 Å². The van der Waals surface area contributed by atoms with Crippen molar-refractivity contribution in [2.75, 3.05) is 7.11 Å². The van der Waals surface area contributed by atoms with E-state index in [0.717, 1.165) is 6.42 Å². The number of hydrogen-bond donors (Lipinski definition) is 1. The average Bonchev–Trinajstić information content (AvgIpc) is 1.99. The highest BCUT2D eigenvalue weighted by Crippen LogP contribution is 1.99. The number of rotatable bonds is 5. The molecule has 0 aliphatic carbocycles. The molecule has 0 fully saturated rings. The van der Waals surface area contributed by atoms with Crippen molar-refractivity contribution in [1.29, 1.82) is 0 Å². The first-order valence-corrected chi connectivity index (χ1v) is 3.48. The molecular weight excluding hydrogens is 130 g/mol. The Labute approximate surface area is 61.8 Å². The SMILES string of the molecule is CCC(NC=O)C(C)OC. The van der Waals surface area contributed by atoms with Crippen molar-refractivity contribution < 1.29 is 9.53 Å². The Morgan fingerprint density at radius 3 is 2.60 bits per heavy atom. The summed E-state index contributed by atoms with van der Waals surface area (Å²) in [6.45, 7) is 3.95. The number of carbonyl (C=O) groups excluding carboxylic acids is 1. The van der Waals surface area contributed by atoms with E-state index in [1.54, 1.807) is 7.11 Å². The van der Waals surface area contributed by atoms with Gasteiger partial charge in [-0.1, -0.05) is 6.92 Å². The molecule has 10 heavy (non-hydrogen) atoms. The standard InChI is InChI=1S/C7H15NO2/c1-4-7(8-5-9)6(2)10-3/h5-7H,4H2,1-3H3,(H,8,9). The van der Waals surface area contributed by atoms with Crippen molar-refractivity contribution >= 4 is 6.41 Å². The predicted molar refractivity (Wildman–Crippen MR) is 39.7 cm³/mol. The number of ether oxygens (including phenoxy) is 1. The molecule has 2 unspecified atom stereocenters. The molecule has 1 amide bonds. The maximum atomic E-state index is 10.0. The largest absolute Gasteiger partial charge is 0.380 e. The topological polar surface area (TPSA) is 38.3 Å². The van der Waals surface area contributed by atoms with Gasteiger partial charge < -0.3 is 10.1 Å². The van der Waals surface area contributed by atoms with Crippen molar-refractivity contribution in [2.24, 2.45) is 0 Å². The Hall–Kier alpha value is -0.570. The van der Waals surface area contributed by atoms with E-state index >= 15 is 0 Å². The van der Waals surface area contributed by atoms with Crippen molar-refractivity contribution in [3.63, 3.8) is 0 Å². The van der Waals surface area contributed by atoms with Gasteiger partial charge >= 0.3 is 0 Å². The van der Waals surface area contributed by atoms with Crippen LogP contribution in [-0.2, 0) is 9.53 Å². The zero-order valence-electron chi connectivity index (χ0n) is 6.76. The van der Waals surface area contributed by atoms with Crippen molar-refractivity contribution in [3.05, 3.63) is 0 Å². The molecule has 0 heterocycles. The first kappa shape index (κ1) is 9.43. The summed E-state index contributed by atoms with van der Waals surface area (Å²) in [5.41, 5.74) is 0. The molecule has 1 N–H and O–H groups in total. The molecule has 0 aromatic rings. The van der Waals surface area contributed by atoms with E-state index in [-0.39, 0.29) is 12.1 Å². The van der Waals surface area contributed by atoms with Gasteiger partial charge in [-0.3, -0.25) is 4.79 Å². The number of carbonyl (C=O) groups is 1. The van der Waals surface area contributed by atoms with Crippen LogP contribution in [0.4, 0.5) is 0 Å². The van der Waals surface area contributed by atoms with Gasteiger partial charge in [0.05, 0.1) is 12.1 Å². The number of methoxy groups -OCH3 is 1. The second-order valence-electron chi connectivity index (χ2n) is 2.24. The average molecular weight is 145 g/mol. The van der Waals surface area contributed by atoms with E-state index in [9.17, 15) is 4.79 Å². The fourth-order valence-corrected chi connectivity index (χ4v) is 0.837.